The van der Waals surface area contributed by atoms with Crippen molar-refractivity contribution in [1.29, 1.82) is 0 Å². The lowest BCUT2D eigenvalue weighted by atomic mass is 10.0. The van der Waals surface area contributed by atoms with E-state index in [9.17, 15) is 4.55 Å². The minimum Gasteiger partial charge on any atom is -0.593 e. The van der Waals surface area contributed by atoms with Gasteiger partial charge < -0.3 is 20.9 Å². The second kappa shape index (κ2) is 8.67. The average Bonchev–Trinajstić information content (AvgIpc) is 2.63. The second-order valence-electron chi connectivity index (χ2n) is 6.28. The number of nitrogens with zero attached hydrogens (tertiary/aromatic N) is 1. The normalized spacial score (nSPS) is 17.6. The van der Waals surface area contributed by atoms with Crippen molar-refractivity contribution >= 4 is 28.9 Å². The Morgan fingerprint density at radius 1 is 1.26 bits per heavy atom. The van der Waals surface area contributed by atoms with Gasteiger partial charge in [-0.1, -0.05) is 29.8 Å². The van der Waals surface area contributed by atoms with Crippen molar-refractivity contribution < 1.29 is 4.55 Å². The zero-order valence-corrected chi connectivity index (χ0v) is 16.5. The van der Waals surface area contributed by atoms with Crippen LogP contribution in [0.5, 0.6) is 0 Å². The number of rotatable bonds is 6. The molecule has 0 spiro atoms. The Kier molecular flexibility index (Phi) is 6.28. The number of guanidine groups is 1. The molecule has 27 heavy (non-hydrogen) atoms. The maximum Gasteiger partial charge on any atom is 0.195 e. The first-order valence-electron chi connectivity index (χ1n) is 8.49. The third kappa shape index (κ3) is 5.17. The first-order valence-corrected chi connectivity index (χ1v) is 10.1. The summed E-state index contributed by atoms with van der Waals surface area (Å²) in [4.78, 5) is 5.08. The van der Waals surface area contributed by atoms with Gasteiger partial charge in [0.15, 0.2) is 10.9 Å². The van der Waals surface area contributed by atoms with Crippen LogP contribution >= 0.6 is 11.6 Å². The summed E-state index contributed by atoms with van der Waals surface area (Å²) in [7, 11) is 0. The predicted molar refractivity (Wildman–Crippen MR) is 111 cm³/mol. The van der Waals surface area contributed by atoms with Gasteiger partial charge in [-0.25, -0.2) is 4.99 Å². The number of hydrogen-bond acceptors (Lipinski definition) is 6. The van der Waals surface area contributed by atoms with E-state index in [2.05, 4.69) is 15.6 Å². The van der Waals surface area contributed by atoms with Crippen molar-refractivity contribution in [2.24, 2.45) is 15.9 Å². The summed E-state index contributed by atoms with van der Waals surface area (Å²) in [6.07, 6.45) is 2.80. The molecule has 0 radical (unpaired) electrons. The fourth-order valence-electron chi connectivity index (χ4n) is 2.88. The van der Waals surface area contributed by atoms with E-state index in [0.29, 0.717) is 22.4 Å². The van der Waals surface area contributed by atoms with Crippen molar-refractivity contribution in [1.82, 2.24) is 10.6 Å². The fraction of sp³-hybridized carbons (Fsp3) is 0.211. The van der Waals surface area contributed by atoms with Gasteiger partial charge in [-0.15, -0.1) is 5.14 Å². The molecule has 3 rings (SSSR count). The van der Waals surface area contributed by atoms with Crippen LogP contribution in [0.2, 0.25) is 5.02 Å². The number of aryl methyl sites for hydroxylation is 1. The van der Waals surface area contributed by atoms with Gasteiger partial charge >= 0.3 is 0 Å². The van der Waals surface area contributed by atoms with Gasteiger partial charge in [0.05, 0.1) is 11.4 Å². The summed E-state index contributed by atoms with van der Waals surface area (Å²) < 4.78 is 11.2. The van der Waals surface area contributed by atoms with Crippen molar-refractivity contribution in [2.75, 3.05) is 6.54 Å². The molecule has 142 valence electrons. The summed E-state index contributed by atoms with van der Waals surface area (Å²) in [5.41, 5.74) is 9.21. The van der Waals surface area contributed by atoms with Gasteiger partial charge in [0, 0.05) is 11.6 Å². The molecule has 1 aliphatic heterocycles. The van der Waals surface area contributed by atoms with E-state index < -0.39 is 11.4 Å². The zero-order chi connectivity index (χ0) is 19.4. The van der Waals surface area contributed by atoms with Gasteiger partial charge in [-0.3, -0.25) is 0 Å². The fourth-order valence-corrected chi connectivity index (χ4v) is 3.47. The molecule has 1 aliphatic rings. The average molecular weight is 404 g/mol. The Labute approximate surface area is 167 Å². The molecule has 0 fully saturated rings. The maximum absolute atomic E-state index is 11.2. The quantitative estimate of drug-likeness (QED) is 0.553. The van der Waals surface area contributed by atoms with Crippen LogP contribution in [0.4, 0.5) is 0 Å². The molecule has 2 aromatic carbocycles. The number of halogens is 1. The second-order valence-corrected chi connectivity index (χ2v) is 7.79. The molecule has 6 nitrogen and oxygen atoms in total. The highest BCUT2D eigenvalue weighted by Crippen LogP contribution is 2.27. The third-order valence-corrected chi connectivity index (χ3v) is 5.28. The van der Waals surface area contributed by atoms with Crippen LogP contribution in [0.1, 0.15) is 22.7 Å². The number of benzene rings is 2. The van der Waals surface area contributed by atoms with E-state index in [1.807, 2.05) is 43.3 Å². The van der Waals surface area contributed by atoms with Gasteiger partial charge in [0.2, 0.25) is 0 Å². The van der Waals surface area contributed by atoms with Gasteiger partial charge in [0.25, 0.3) is 0 Å². The highest BCUT2D eigenvalue weighted by atomic mass is 35.5. The molecule has 0 aliphatic carbocycles. The van der Waals surface area contributed by atoms with Crippen LogP contribution in [-0.2, 0) is 17.8 Å². The van der Waals surface area contributed by atoms with Crippen molar-refractivity contribution in [3.8, 4) is 0 Å². The lowest BCUT2D eigenvalue weighted by Crippen LogP contribution is -2.40. The molecule has 8 heteroatoms. The Hall–Kier alpha value is -2.19. The smallest absolute Gasteiger partial charge is 0.195 e. The van der Waals surface area contributed by atoms with Crippen molar-refractivity contribution in [3.05, 3.63) is 76.1 Å². The largest absolute Gasteiger partial charge is 0.593 e. The Morgan fingerprint density at radius 2 is 2.00 bits per heavy atom. The summed E-state index contributed by atoms with van der Waals surface area (Å²) in [6, 6.07) is 13.0. The van der Waals surface area contributed by atoms with Gasteiger partial charge in [-0.05, 0) is 60.4 Å². The van der Waals surface area contributed by atoms with E-state index in [4.69, 9.17) is 22.5 Å². The molecular formula is C19H22ClN5OS. The lowest BCUT2D eigenvalue weighted by molar-refractivity contribution is 0.596. The standard InChI is InChI=1S/C19H22ClN5OS/c1-12-2-5-14(20)10-16(12)17-11-18(25-19(21)24-17)23-9-8-13-3-6-15(7-4-13)27(22)26/h2-7,10-11,17,23H,8-9,22H2,1H3,(H3,21,24,25). The summed E-state index contributed by atoms with van der Waals surface area (Å²) in [6.45, 7) is 2.73. The molecule has 2 unspecified atom stereocenters. The van der Waals surface area contributed by atoms with Crippen LogP contribution in [-0.4, -0.2) is 17.1 Å². The van der Waals surface area contributed by atoms with Crippen molar-refractivity contribution in [3.63, 3.8) is 0 Å². The Bertz CT molecular complexity index is 867. The minimum absolute atomic E-state index is 0.189. The first-order chi connectivity index (χ1) is 12.9. The van der Waals surface area contributed by atoms with E-state index in [1.54, 1.807) is 12.1 Å². The highest BCUT2D eigenvalue weighted by Gasteiger charge is 2.17. The topological polar surface area (TPSA) is 112 Å². The number of aliphatic imine (C=N–C) groups is 1. The van der Waals surface area contributed by atoms with Crippen LogP contribution < -0.4 is 21.5 Å². The highest BCUT2D eigenvalue weighted by molar-refractivity contribution is 7.89. The van der Waals surface area contributed by atoms with Crippen LogP contribution in [0, 0.1) is 6.92 Å². The molecule has 0 saturated heterocycles. The summed E-state index contributed by atoms with van der Waals surface area (Å²) in [5, 5.41) is 12.4. The summed E-state index contributed by atoms with van der Waals surface area (Å²) >= 11 is 4.68. The number of nitrogens with one attached hydrogen (secondary N) is 2. The molecule has 0 amide bonds. The molecule has 0 aromatic heterocycles. The molecule has 2 aromatic rings. The minimum atomic E-state index is -1.45. The van der Waals surface area contributed by atoms with Crippen LogP contribution in [0.3, 0.4) is 0 Å². The van der Waals surface area contributed by atoms with E-state index in [1.165, 1.54) is 0 Å². The number of hydrogen-bond donors (Lipinski definition) is 4. The monoisotopic (exact) mass is 403 g/mol. The Balaban J connectivity index is 1.64. The van der Waals surface area contributed by atoms with E-state index in [0.717, 1.165) is 28.9 Å². The number of nitrogens with two attached hydrogens (primary N) is 2. The third-order valence-electron chi connectivity index (χ3n) is 4.31. The molecule has 0 bridgehead atoms. The first kappa shape index (κ1) is 19.6. The van der Waals surface area contributed by atoms with Gasteiger partial charge in [-0.2, -0.15) is 0 Å². The Morgan fingerprint density at radius 3 is 2.70 bits per heavy atom. The van der Waals surface area contributed by atoms with E-state index >= 15 is 0 Å². The lowest BCUT2D eigenvalue weighted by Gasteiger charge is -2.22. The van der Waals surface area contributed by atoms with Crippen molar-refractivity contribution in [2.45, 2.75) is 24.3 Å². The van der Waals surface area contributed by atoms with Crippen LogP contribution in [0.25, 0.3) is 0 Å². The molecule has 6 N–H and O–H groups in total. The maximum atomic E-state index is 11.2. The SMILES string of the molecule is Cc1ccc(Cl)cc1C1C=C(NCCc2ccc([S+](N)[O-])cc2)NC(N)=N1. The molecular weight excluding hydrogens is 382 g/mol. The molecule has 0 saturated carbocycles. The molecule has 1 heterocycles. The van der Waals surface area contributed by atoms with Gasteiger partial charge in [0.1, 0.15) is 11.9 Å². The molecule has 2 atom stereocenters. The van der Waals surface area contributed by atoms with E-state index in [-0.39, 0.29) is 6.04 Å². The van der Waals surface area contributed by atoms with Crippen LogP contribution in [0.15, 0.2) is 64.2 Å². The predicted octanol–water partition coefficient (Wildman–Crippen LogP) is 2.26. The summed E-state index contributed by atoms with van der Waals surface area (Å²) in [5.74, 6) is 1.17. The zero-order valence-electron chi connectivity index (χ0n) is 14.9.